The molecule has 2 nitrogen and oxygen atoms in total. The van der Waals surface area contributed by atoms with Crippen LogP contribution in [-0.2, 0) is 12.8 Å². The lowest BCUT2D eigenvalue weighted by atomic mass is 9.85. The van der Waals surface area contributed by atoms with Crippen molar-refractivity contribution in [1.82, 2.24) is 0 Å². The van der Waals surface area contributed by atoms with Gasteiger partial charge in [-0.1, -0.05) is 50.2 Å². The van der Waals surface area contributed by atoms with Crippen LogP contribution in [0.25, 0.3) is 0 Å². The molecule has 0 spiro atoms. The summed E-state index contributed by atoms with van der Waals surface area (Å²) in [5.74, 6) is 1.24. The number of rotatable bonds is 4. The minimum Gasteiger partial charge on any atom is -0.493 e. The first-order chi connectivity index (χ1) is 10.2. The molecule has 2 heteroatoms. The molecule has 0 amide bonds. The minimum absolute atomic E-state index is 0.00454. The standard InChI is InChI=1S/C19H23NO/c1-3-13-9-10-14(4-2)16(11-13)19(20)17-12-21-18-8-6-5-7-15(17)18/h5-11,17,19H,3-4,12,20H2,1-2H3. The number of nitrogens with two attached hydrogens (primary N) is 1. The number of fused-ring (bicyclic) bond motifs is 1. The molecule has 1 aliphatic heterocycles. The molecule has 2 unspecified atom stereocenters. The van der Waals surface area contributed by atoms with Crippen LogP contribution < -0.4 is 10.5 Å². The maximum absolute atomic E-state index is 6.64. The van der Waals surface area contributed by atoms with Crippen molar-refractivity contribution >= 4 is 0 Å². The molecule has 0 bridgehead atoms. The van der Waals surface area contributed by atoms with Gasteiger partial charge in [0.25, 0.3) is 0 Å². The van der Waals surface area contributed by atoms with Gasteiger partial charge in [-0.05, 0) is 35.6 Å². The second-order valence-electron chi connectivity index (χ2n) is 5.72. The van der Waals surface area contributed by atoms with E-state index in [1.54, 1.807) is 0 Å². The average molecular weight is 281 g/mol. The fraction of sp³-hybridized carbons (Fsp3) is 0.368. The minimum atomic E-state index is -0.00454. The van der Waals surface area contributed by atoms with E-state index in [1.807, 2.05) is 12.1 Å². The zero-order chi connectivity index (χ0) is 14.8. The van der Waals surface area contributed by atoms with Crippen LogP contribution in [0.5, 0.6) is 5.75 Å². The van der Waals surface area contributed by atoms with Gasteiger partial charge in [-0.15, -0.1) is 0 Å². The fourth-order valence-electron chi connectivity index (χ4n) is 3.20. The summed E-state index contributed by atoms with van der Waals surface area (Å²) < 4.78 is 5.80. The van der Waals surface area contributed by atoms with E-state index in [0.717, 1.165) is 18.6 Å². The predicted octanol–water partition coefficient (Wildman–Crippen LogP) is 3.99. The van der Waals surface area contributed by atoms with Crippen molar-refractivity contribution in [3.05, 3.63) is 64.7 Å². The van der Waals surface area contributed by atoms with Crippen LogP contribution in [0.4, 0.5) is 0 Å². The highest BCUT2D eigenvalue weighted by Crippen LogP contribution is 2.40. The largest absolute Gasteiger partial charge is 0.493 e. The highest BCUT2D eigenvalue weighted by atomic mass is 16.5. The van der Waals surface area contributed by atoms with Crippen molar-refractivity contribution in [2.24, 2.45) is 5.73 Å². The Bertz CT molecular complexity index is 635. The molecule has 0 fully saturated rings. The van der Waals surface area contributed by atoms with Crippen molar-refractivity contribution in [2.45, 2.75) is 38.6 Å². The lowest BCUT2D eigenvalue weighted by molar-refractivity contribution is 0.315. The number of hydrogen-bond acceptors (Lipinski definition) is 2. The molecule has 0 saturated heterocycles. The molecule has 0 saturated carbocycles. The lowest BCUT2D eigenvalue weighted by Crippen LogP contribution is -2.22. The van der Waals surface area contributed by atoms with Crippen LogP contribution in [0.15, 0.2) is 42.5 Å². The van der Waals surface area contributed by atoms with Crippen molar-refractivity contribution in [1.29, 1.82) is 0 Å². The van der Waals surface area contributed by atoms with Gasteiger partial charge in [0, 0.05) is 17.5 Å². The normalized spacial score (nSPS) is 18.1. The van der Waals surface area contributed by atoms with Crippen molar-refractivity contribution in [3.63, 3.8) is 0 Å². The first-order valence-corrected chi connectivity index (χ1v) is 7.83. The zero-order valence-corrected chi connectivity index (χ0v) is 12.8. The molecule has 2 aromatic carbocycles. The summed E-state index contributed by atoms with van der Waals surface area (Å²) in [6.07, 6.45) is 2.06. The smallest absolute Gasteiger partial charge is 0.122 e. The van der Waals surface area contributed by atoms with Gasteiger partial charge in [0.15, 0.2) is 0 Å². The van der Waals surface area contributed by atoms with Crippen LogP contribution in [-0.4, -0.2) is 6.61 Å². The number of hydrogen-bond donors (Lipinski definition) is 1. The molecule has 2 N–H and O–H groups in total. The summed E-state index contributed by atoms with van der Waals surface area (Å²) in [5.41, 5.74) is 11.9. The van der Waals surface area contributed by atoms with E-state index in [9.17, 15) is 0 Å². The van der Waals surface area contributed by atoms with Gasteiger partial charge in [-0.3, -0.25) is 0 Å². The van der Waals surface area contributed by atoms with Crippen LogP contribution in [0.1, 0.15) is 48.1 Å². The van der Waals surface area contributed by atoms with E-state index >= 15 is 0 Å². The first-order valence-electron chi connectivity index (χ1n) is 7.83. The van der Waals surface area contributed by atoms with Crippen LogP contribution in [0.3, 0.4) is 0 Å². The highest BCUT2D eigenvalue weighted by Gasteiger charge is 2.30. The van der Waals surface area contributed by atoms with Gasteiger partial charge < -0.3 is 10.5 Å². The Labute approximate surface area is 126 Å². The molecular weight excluding hydrogens is 258 g/mol. The van der Waals surface area contributed by atoms with Crippen LogP contribution in [0, 0.1) is 0 Å². The Kier molecular flexibility index (Phi) is 3.98. The Morgan fingerprint density at radius 3 is 2.71 bits per heavy atom. The Morgan fingerprint density at radius 1 is 1.14 bits per heavy atom. The molecule has 2 atom stereocenters. The zero-order valence-electron chi connectivity index (χ0n) is 12.8. The molecular formula is C19H23NO. The third kappa shape index (κ3) is 2.56. The lowest BCUT2D eigenvalue weighted by Gasteiger charge is -2.22. The second kappa shape index (κ2) is 5.90. The summed E-state index contributed by atoms with van der Waals surface area (Å²) >= 11 is 0. The van der Waals surface area contributed by atoms with Gasteiger partial charge in [-0.2, -0.15) is 0 Å². The summed E-state index contributed by atoms with van der Waals surface area (Å²) in [6.45, 7) is 5.06. The van der Waals surface area contributed by atoms with E-state index < -0.39 is 0 Å². The SMILES string of the molecule is CCc1ccc(CC)c(C(N)C2COc3ccccc32)c1. The molecule has 0 aromatic heterocycles. The highest BCUT2D eigenvalue weighted by molar-refractivity contribution is 5.44. The summed E-state index contributed by atoms with van der Waals surface area (Å²) in [7, 11) is 0. The van der Waals surface area contributed by atoms with Gasteiger partial charge in [-0.25, -0.2) is 0 Å². The van der Waals surface area contributed by atoms with Gasteiger partial charge in [0.1, 0.15) is 5.75 Å². The van der Waals surface area contributed by atoms with E-state index in [0.29, 0.717) is 6.61 Å². The molecule has 0 radical (unpaired) electrons. The topological polar surface area (TPSA) is 35.2 Å². The average Bonchev–Trinajstić information content (AvgIpc) is 2.97. The molecule has 110 valence electrons. The number of aryl methyl sites for hydroxylation is 2. The number of para-hydroxylation sites is 1. The first kappa shape index (κ1) is 14.2. The quantitative estimate of drug-likeness (QED) is 0.919. The fourth-order valence-corrected chi connectivity index (χ4v) is 3.20. The van der Waals surface area contributed by atoms with Crippen molar-refractivity contribution < 1.29 is 4.74 Å². The third-order valence-corrected chi connectivity index (χ3v) is 4.53. The number of ether oxygens (including phenoxy) is 1. The molecule has 3 rings (SSSR count). The second-order valence-corrected chi connectivity index (χ2v) is 5.72. The molecule has 0 aliphatic carbocycles. The molecule has 1 aliphatic rings. The van der Waals surface area contributed by atoms with E-state index in [2.05, 4.69) is 44.2 Å². The van der Waals surface area contributed by atoms with Crippen molar-refractivity contribution in [3.8, 4) is 5.75 Å². The van der Waals surface area contributed by atoms with E-state index in [1.165, 1.54) is 22.3 Å². The predicted molar refractivity (Wildman–Crippen MR) is 86.8 cm³/mol. The third-order valence-electron chi connectivity index (χ3n) is 4.53. The van der Waals surface area contributed by atoms with Gasteiger partial charge in [0.2, 0.25) is 0 Å². The summed E-state index contributed by atoms with van der Waals surface area (Å²) in [4.78, 5) is 0. The maximum atomic E-state index is 6.64. The van der Waals surface area contributed by atoms with Gasteiger partial charge in [0.05, 0.1) is 6.61 Å². The van der Waals surface area contributed by atoms with E-state index in [4.69, 9.17) is 10.5 Å². The number of benzene rings is 2. The molecule has 1 heterocycles. The monoisotopic (exact) mass is 281 g/mol. The Morgan fingerprint density at radius 2 is 1.95 bits per heavy atom. The van der Waals surface area contributed by atoms with E-state index in [-0.39, 0.29) is 12.0 Å². The maximum Gasteiger partial charge on any atom is 0.122 e. The Balaban J connectivity index is 1.97. The van der Waals surface area contributed by atoms with Crippen molar-refractivity contribution in [2.75, 3.05) is 6.61 Å². The molecule has 21 heavy (non-hydrogen) atoms. The van der Waals surface area contributed by atoms with Gasteiger partial charge >= 0.3 is 0 Å². The summed E-state index contributed by atoms with van der Waals surface area (Å²) in [6, 6.07) is 15.0. The Hall–Kier alpha value is -1.80. The van der Waals surface area contributed by atoms with Crippen LogP contribution in [0.2, 0.25) is 0 Å². The van der Waals surface area contributed by atoms with Crippen LogP contribution >= 0.6 is 0 Å². The molecule has 2 aromatic rings. The summed E-state index contributed by atoms with van der Waals surface area (Å²) in [5, 5.41) is 0.